The molecular formula is C20H23NO3. The van der Waals surface area contributed by atoms with Gasteiger partial charge in [0.05, 0.1) is 12.6 Å². The maximum Gasteiger partial charge on any atom is 0.258 e. The van der Waals surface area contributed by atoms with Crippen LogP contribution in [0.4, 0.5) is 0 Å². The van der Waals surface area contributed by atoms with E-state index in [-0.39, 0.29) is 18.1 Å². The van der Waals surface area contributed by atoms with Gasteiger partial charge in [0.2, 0.25) is 0 Å². The maximum atomic E-state index is 12.5. The first-order valence-electron chi connectivity index (χ1n) is 8.36. The predicted molar refractivity (Wildman–Crippen MR) is 93.2 cm³/mol. The highest BCUT2D eigenvalue weighted by molar-refractivity contribution is 5.78. The summed E-state index contributed by atoms with van der Waals surface area (Å²) in [5.74, 6) is 1.10. The van der Waals surface area contributed by atoms with E-state index in [1.54, 1.807) is 13.2 Å². The molecule has 1 aliphatic carbocycles. The lowest BCUT2D eigenvalue weighted by atomic mass is 9.88. The van der Waals surface area contributed by atoms with Crippen LogP contribution in [0.1, 0.15) is 31.2 Å². The molecule has 0 saturated heterocycles. The Hall–Kier alpha value is -2.49. The predicted octanol–water partition coefficient (Wildman–Crippen LogP) is 3.66. The van der Waals surface area contributed by atoms with Crippen molar-refractivity contribution in [1.29, 1.82) is 0 Å². The van der Waals surface area contributed by atoms with Crippen molar-refractivity contribution in [2.75, 3.05) is 13.7 Å². The molecular weight excluding hydrogens is 302 g/mol. The van der Waals surface area contributed by atoms with Crippen LogP contribution in [-0.4, -0.2) is 19.6 Å². The molecule has 2 aromatic rings. The molecule has 4 heteroatoms. The number of carbonyl (C=O) groups is 1. The highest BCUT2D eigenvalue weighted by Gasteiger charge is 2.36. The first-order valence-corrected chi connectivity index (χ1v) is 8.36. The maximum absolute atomic E-state index is 12.5. The van der Waals surface area contributed by atoms with E-state index in [2.05, 4.69) is 17.4 Å². The molecule has 0 spiro atoms. The Balaban J connectivity index is 1.67. The summed E-state index contributed by atoms with van der Waals surface area (Å²) >= 11 is 0. The molecule has 1 amide bonds. The second-order valence-corrected chi connectivity index (χ2v) is 6.14. The zero-order valence-electron chi connectivity index (χ0n) is 14.0. The molecule has 0 atom stereocenters. The van der Waals surface area contributed by atoms with Gasteiger partial charge in [0, 0.05) is 0 Å². The summed E-state index contributed by atoms with van der Waals surface area (Å²) in [5, 5.41) is 3.21. The van der Waals surface area contributed by atoms with Crippen LogP contribution in [0.3, 0.4) is 0 Å². The lowest BCUT2D eigenvalue weighted by molar-refractivity contribution is -0.125. The number of hydrogen-bond donors (Lipinski definition) is 1. The summed E-state index contributed by atoms with van der Waals surface area (Å²) in [6, 6.07) is 17.6. The molecule has 0 unspecified atom stereocenters. The minimum Gasteiger partial charge on any atom is -0.493 e. The average molecular weight is 325 g/mol. The van der Waals surface area contributed by atoms with Crippen LogP contribution in [0, 0.1) is 0 Å². The van der Waals surface area contributed by atoms with Crippen LogP contribution < -0.4 is 14.8 Å². The Bertz CT molecular complexity index is 678. The Labute approximate surface area is 142 Å². The molecule has 2 aromatic carbocycles. The topological polar surface area (TPSA) is 47.6 Å². The van der Waals surface area contributed by atoms with Gasteiger partial charge in [0.15, 0.2) is 18.1 Å². The number of carbonyl (C=O) groups excluding carboxylic acids is 1. The molecule has 1 N–H and O–H groups in total. The van der Waals surface area contributed by atoms with E-state index in [1.165, 1.54) is 5.56 Å². The molecule has 0 radical (unpaired) electrons. The number of amides is 1. The molecule has 0 aliphatic heterocycles. The summed E-state index contributed by atoms with van der Waals surface area (Å²) in [4.78, 5) is 12.5. The van der Waals surface area contributed by atoms with Gasteiger partial charge in [-0.15, -0.1) is 0 Å². The van der Waals surface area contributed by atoms with Gasteiger partial charge in [-0.3, -0.25) is 4.79 Å². The number of nitrogens with one attached hydrogen (secondary N) is 1. The Kier molecular flexibility index (Phi) is 5.04. The number of methoxy groups -OCH3 is 1. The highest BCUT2D eigenvalue weighted by Crippen LogP contribution is 2.38. The minimum atomic E-state index is -0.261. The zero-order valence-corrected chi connectivity index (χ0v) is 14.0. The van der Waals surface area contributed by atoms with Crippen LogP contribution in [-0.2, 0) is 10.3 Å². The normalized spacial score (nSPS) is 15.7. The van der Waals surface area contributed by atoms with Gasteiger partial charge in [-0.1, -0.05) is 55.3 Å². The van der Waals surface area contributed by atoms with E-state index in [9.17, 15) is 4.79 Å². The summed E-state index contributed by atoms with van der Waals surface area (Å²) in [5.41, 5.74) is 0.913. The standard InChI is InChI=1S/C20H23NO3/c1-23-17-11-5-6-12-18(17)24-15-19(22)21-20(13-7-8-14-20)16-9-3-2-4-10-16/h2-6,9-12H,7-8,13-15H2,1H3,(H,21,22). The van der Waals surface area contributed by atoms with Gasteiger partial charge in [-0.2, -0.15) is 0 Å². The number of hydrogen-bond acceptors (Lipinski definition) is 3. The van der Waals surface area contributed by atoms with Crippen molar-refractivity contribution in [1.82, 2.24) is 5.32 Å². The van der Waals surface area contributed by atoms with Crippen molar-refractivity contribution in [3.8, 4) is 11.5 Å². The second-order valence-electron chi connectivity index (χ2n) is 6.14. The number of benzene rings is 2. The average Bonchev–Trinajstić information content (AvgIpc) is 3.10. The fourth-order valence-corrected chi connectivity index (χ4v) is 3.41. The van der Waals surface area contributed by atoms with E-state index in [1.807, 2.05) is 36.4 Å². The molecule has 3 rings (SSSR count). The van der Waals surface area contributed by atoms with Crippen LogP contribution in [0.25, 0.3) is 0 Å². The minimum absolute atomic E-state index is 0.0189. The van der Waals surface area contributed by atoms with Gasteiger partial charge < -0.3 is 14.8 Å². The van der Waals surface area contributed by atoms with Gasteiger partial charge in [0.25, 0.3) is 5.91 Å². The third-order valence-electron chi connectivity index (χ3n) is 4.59. The zero-order chi connectivity index (χ0) is 16.8. The largest absolute Gasteiger partial charge is 0.493 e. The van der Waals surface area contributed by atoms with E-state index < -0.39 is 0 Å². The van der Waals surface area contributed by atoms with Crippen molar-refractivity contribution < 1.29 is 14.3 Å². The van der Waals surface area contributed by atoms with E-state index in [0.717, 1.165) is 25.7 Å². The molecule has 1 saturated carbocycles. The van der Waals surface area contributed by atoms with Crippen LogP contribution >= 0.6 is 0 Å². The number of rotatable bonds is 6. The second kappa shape index (κ2) is 7.39. The van der Waals surface area contributed by atoms with Crippen molar-refractivity contribution in [2.45, 2.75) is 31.2 Å². The first-order chi connectivity index (χ1) is 11.7. The van der Waals surface area contributed by atoms with Crippen molar-refractivity contribution in [3.05, 3.63) is 60.2 Å². The summed E-state index contributed by atoms with van der Waals surface area (Å²) in [7, 11) is 1.59. The molecule has 24 heavy (non-hydrogen) atoms. The Morgan fingerprint density at radius 2 is 1.62 bits per heavy atom. The molecule has 126 valence electrons. The lowest BCUT2D eigenvalue weighted by Crippen LogP contribution is -2.45. The monoisotopic (exact) mass is 325 g/mol. The van der Waals surface area contributed by atoms with Gasteiger partial charge >= 0.3 is 0 Å². The van der Waals surface area contributed by atoms with Crippen molar-refractivity contribution in [3.63, 3.8) is 0 Å². The van der Waals surface area contributed by atoms with E-state index in [0.29, 0.717) is 11.5 Å². The smallest absolute Gasteiger partial charge is 0.258 e. The lowest BCUT2D eigenvalue weighted by Gasteiger charge is -2.31. The third kappa shape index (κ3) is 3.53. The SMILES string of the molecule is COc1ccccc1OCC(=O)NC1(c2ccccc2)CCCC1. The number of ether oxygens (including phenoxy) is 2. The van der Waals surface area contributed by atoms with E-state index in [4.69, 9.17) is 9.47 Å². The van der Waals surface area contributed by atoms with Crippen molar-refractivity contribution >= 4 is 5.91 Å². The van der Waals surface area contributed by atoms with Gasteiger partial charge in [0.1, 0.15) is 0 Å². The van der Waals surface area contributed by atoms with Crippen LogP contribution in [0.5, 0.6) is 11.5 Å². The molecule has 0 aromatic heterocycles. The summed E-state index contributed by atoms with van der Waals surface area (Å²) in [6.07, 6.45) is 4.19. The fraction of sp³-hybridized carbons (Fsp3) is 0.350. The molecule has 4 nitrogen and oxygen atoms in total. The van der Waals surface area contributed by atoms with Crippen molar-refractivity contribution in [2.24, 2.45) is 0 Å². The molecule has 0 bridgehead atoms. The fourth-order valence-electron chi connectivity index (χ4n) is 3.41. The highest BCUT2D eigenvalue weighted by atomic mass is 16.5. The Morgan fingerprint density at radius 3 is 2.29 bits per heavy atom. The summed E-state index contributed by atoms with van der Waals surface area (Å²) in [6.45, 7) is -0.0189. The molecule has 1 aliphatic rings. The van der Waals surface area contributed by atoms with Gasteiger partial charge in [-0.05, 0) is 30.5 Å². The van der Waals surface area contributed by atoms with Crippen LogP contribution in [0.2, 0.25) is 0 Å². The third-order valence-corrected chi connectivity index (χ3v) is 4.59. The summed E-state index contributed by atoms with van der Waals surface area (Å²) < 4.78 is 10.9. The quantitative estimate of drug-likeness (QED) is 0.882. The van der Waals surface area contributed by atoms with E-state index >= 15 is 0 Å². The first kappa shape index (κ1) is 16.4. The van der Waals surface area contributed by atoms with Gasteiger partial charge in [-0.25, -0.2) is 0 Å². The Morgan fingerprint density at radius 1 is 1.00 bits per heavy atom. The number of para-hydroxylation sites is 2. The van der Waals surface area contributed by atoms with Crippen LogP contribution in [0.15, 0.2) is 54.6 Å². The molecule has 0 heterocycles. The molecule has 1 fully saturated rings.